The van der Waals surface area contributed by atoms with E-state index in [0.29, 0.717) is 11.6 Å². The van der Waals surface area contributed by atoms with Crippen molar-refractivity contribution in [2.24, 2.45) is 0 Å². The summed E-state index contributed by atoms with van der Waals surface area (Å²) >= 11 is 5.94. The monoisotopic (exact) mass is 388 g/mol. The summed E-state index contributed by atoms with van der Waals surface area (Å²) in [7, 11) is 0. The fraction of sp³-hybridized carbons (Fsp3) is 0.333. The van der Waals surface area contributed by atoms with E-state index in [1.807, 2.05) is 17.0 Å². The molecule has 0 aliphatic carbocycles. The van der Waals surface area contributed by atoms with Crippen molar-refractivity contribution in [2.45, 2.75) is 38.3 Å². The molecule has 2 aromatic carbocycles. The standard InChI is InChI=1S/C21H22ClFN2O2/c1-14(26)24-19(15-4-8-17(22)9-5-15)13-21(27)25-12-2-3-20(25)16-6-10-18(23)11-7-16/h4-11,19-20H,2-3,12-13H2,1H3,(H,24,26). The molecule has 1 saturated heterocycles. The van der Waals surface area contributed by atoms with Gasteiger partial charge in [0.2, 0.25) is 11.8 Å². The van der Waals surface area contributed by atoms with Gasteiger partial charge in [-0.3, -0.25) is 9.59 Å². The second kappa shape index (κ2) is 8.53. The number of halogens is 2. The molecule has 2 unspecified atom stereocenters. The Bertz CT molecular complexity index is 808. The van der Waals surface area contributed by atoms with Crippen LogP contribution in [0.25, 0.3) is 0 Å². The summed E-state index contributed by atoms with van der Waals surface area (Å²) in [5.74, 6) is -0.516. The fourth-order valence-electron chi connectivity index (χ4n) is 3.58. The average molecular weight is 389 g/mol. The highest BCUT2D eigenvalue weighted by Crippen LogP contribution is 2.33. The summed E-state index contributed by atoms with van der Waals surface area (Å²) in [5, 5.41) is 3.45. The molecular formula is C21H22ClFN2O2. The SMILES string of the molecule is CC(=O)NC(CC(=O)N1CCCC1c1ccc(F)cc1)c1ccc(Cl)cc1. The van der Waals surface area contributed by atoms with Gasteiger partial charge in [0, 0.05) is 18.5 Å². The number of nitrogens with zero attached hydrogens (tertiary/aromatic N) is 1. The van der Waals surface area contributed by atoms with Crippen molar-refractivity contribution in [3.05, 3.63) is 70.5 Å². The first-order chi connectivity index (χ1) is 12.9. The lowest BCUT2D eigenvalue weighted by Gasteiger charge is -2.27. The Kier molecular flexibility index (Phi) is 6.11. The summed E-state index contributed by atoms with van der Waals surface area (Å²) < 4.78 is 13.2. The molecule has 27 heavy (non-hydrogen) atoms. The van der Waals surface area contributed by atoms with Crippen molar-refractivity contribution in [2.75, 3.05) is 6.54 Å². The summed E-state index contributed by atoms with van der Waals surface area (Å²) in [6, 6.07) is 13.0. The molecule has 1 fully saturated rings. The average Bonchev–Trinajstić information content (AvgIpc) is 3.12. The van der Waals surface area contributed by atoms with E-state index in [1.165, 1.54) is 19.1 Å². The molecule has 0 bridgehead atoms. The van der Waals surface area contributed by atoms with Crippen LogP contribution in [0.1, 0.15) is 49.4 Å². The minimum Gasteiger partial charge on any atom is -0.349 e. The number of rotatable bonds is 5. The van der Waals surface area contributed by atoms with E-state index in [1.54, 1.807) is 24.3 Å². The molecule has 1 aliphatic rings. The summed E-state index contributed by atoms with van der Waals surface area (Å²) in [4.78, 5) is 26.5. The molecule has 0 spiro atoms. The molecule has 3 rings (SSSR count). The predicted octanol–water partition coefficient (Wildman–Crippen LogP) is 4.41. The number of hydrogen-bond acceptors (Lipinski definition) is 2. The van der Waals surface area contributed by atoms with Crippen molar-refractivity contribution in [1.82, 2.24) is 10.2 Å². The van der Waals surface area contributed by atoms with Gasteiger partial charge in [0.1, 0.15) is 5.82 Å². The first-order valence-electron chi connectivity index (χ1n) is 9.01. The summed E-state index contributed by atoms with van der Waals surface area (Å²) in [6.07, 6.45) is 1.92. The van der Waals surface area contributed by atoms with Gasteiger partial charge in [-0.05, 0) is 48.2 Å². The lowest BCUT2D eigenvalue weighted by molar-refractivity contribution is -0.133. The first kappa shape index (κ1) is 19.4. The largest absolute Gasteiger partial charge is 0.349 e. The maximum atomic E-state index is 13.2. The van der Waals surface area contributed by atoms with Crippen molar-refractivity contribution >= 4 is 23.4 Å². The number of carbonyl (C=O) groups excluding carboxylic acids is 2. The molecule has 1 aliphatic heterocycles. The molecule has 2 aromatic rings. The smallest absolute Gasteiger partial charge is 0.225 e. The van der Waals surface area contributed by atoms with Crippen molar-refractivity contribution in [1.29, 1.82) is 0 Å². The molecule has 1 heterocycles. The lowest BCUT2D eigenvalue weighted by Crippen LogP contribution is -2.35. The Morgan fingerprint density at radius 2 is 1.85 bits per heavy atom. The van der Waals surface area contributed by atoms with E-state index in [-0.39, 0.29) is 30.1 Å². The van der Waals surface area contributed by atoms with Crippen LogP contribution < -0.4 is 5.32 Å². The highest BCUT2D eigenvalue weighted by molar-refractivity contribution is 6.30. The van der Waals surface area contributed by atoms with Crippen LogP contribution in [-0.2, 0) is 9.59 Å². The van der Waals surface area contributed by atoms with Crippen LogP contribution in [0.15, 0.2) is 48.5 Å². The van der Waals surface area contributed by atoms with E-state index < -0.39 is 6.04 Å². The molecule has 0 saturated carbocycles. The van der Waals surface area contributed by atoms with Crippen LogP contribution >= 0.6 is 11.6 Å². The van der Waals surface area contributed by atoms with Crippen LogP contribution in [0.5, 0.6) is 0 Å². The number of nitrogens with one attached hydrogen (secondary N) is 1. The Morgan fingerprint density at radius 1 is 1.19 bits per heavy atom. The zero-order valence-corrected chi connectivity index (χ0v) is 15.9. The Morgan fingerprint density at radius 3 is 2.48 bits per heavy atom. The fourth-order valence-corrected chi connectivity index (χ4v) is 3.71. The minimum absolute atomic E-state index is 0.0319. The van der Waals surface area contributed by atoms with Gasteiger partial charge in [-0.25, -0.2) is 4.39 Å². The molecule has 142 valence electrons. The molecule has 4 nitrogen and oxygen atoms in total. The Hall–Kier alpha value is -2.40. The maximum Gasteiger partial charge on any atom is 0.225 e. The molecule has 2 amide bonds. The van der Waals surface area contributed by atoms with Gasteiger partial charge in [-0.2, -0.15) is 0 Å². The number of benzene rings is 2. The highest BCUT2D eigenvalue weighted by atomic mass is 35.5. The third kappa shape index (κ3) is 4.86. The first-order valence-corrected chi connectivity index (χ1v) is 9.39. The zero-order chi connectivity index (χ0) is 19.4. The van der Waals surface area contributed by atoms with Crippen LogP contribution in [0, 0.1) is 5.82 Å². The van der Waals surface area contributed by atoms with E-state index in [2.05, 4.69) is 5.32 Å². The maximum absolute atomic E-state index is 13.2. The number of carbonyl (C=O) groups is 2. The molecular weight excluding hydrogens is 367 g/mol. The zero-order valence-electron chi connectivity index (χ0n) is 15.1. The van der Waals surface area contributed by atoms with Gasteiger partial charge in [-0.15, -0.1) is 0 Å². The topological polar surface area (TPSA) is 49.4 Å². The minimum atomic E-state index is -0.415. The quantitative estimate of drug-likeness (QED) is 0.824. The number of likely N-dealkylation sites (tertiary alicyclic amines) is 1. The molecule has 1 N–H and O–H groups in total. The van der Waals surface area contributed by atoms with E-state index >= 15 is 0 Å². The van der Waals surface area contributed by atoms with Gasteiger partial charge < -0.3 is 10.2 Å². The molecule has 2 atom stereocenters. The third-order valence-corrected chi connectivity index (χ3v) is 5.11. The van der Waals surface area contributed by atoms with Gasteiger partial charge in [0.25, 0.3) is 0 Å². The molecule has 0 radical (unpaired) electrons. The molecule has 0 aromatic heterocycles. The van der Waals surface area contributed by atoms with E-state index in [4.69, 9.17) is 11.6 Å². The van der Waals surface area contributed by atoms with Gasteiger partial charge in [0.05, 0.1) is 18.5 Å². The van der Waals surface area contributed by atoms with Gasteiger partial charge in [-0.1, -0.05) is 35.9 Å². The van der Waals surface area contributed by atoms with E-state index in [0.717, 1.165) is 24.0 Å². The third-order valence-electron chi connectivity index (χ3n) is 4.86. The second-order valence-electron chi connectivity index (χ2n) is 6.81. The summed E-state index contributed by atoms with van der Waals surface area (Å²) in [6.45, 7) is 2.10. The predicted molar refractivity (Wildman–Crippen MR) is 103 cm³/mol. The number of amides is 2. The van der Waals surface area contributed by atoms with Crippen molar-refractivity contribution < 1.29 is 14.0 Å². The van der Waals surface area contributed by atoms with Gasteiger partial charge >= 0.3 is 0 Å². The summed E-state index contributed by atoms with van der Waals surface area (Å²) in [5.41, 5.74) is 1.77. The Balaban J connectivity index is 1.76. The molecule has 6 heteroatoms. The van der Waals surface area contributed by atoms with Crippen LogP contribution in [-0.4, -0.2) is 23.3 Å². The second-order valence-corrected chi connectivity index (χ2v) is 7.24. The van der Waals surface area contributed by atoms with Gasteiger partial charge in [0.15, 0.2) is 0 Å². The van der Waals surface area contributed by atoms with Crippen LogP contribution in [0.2, 0.25) is 5.02 Å². The normalized spacial score (nSPS) is 17.6. The number of hydrogen-bond donors (Lipinski definition) is 1. The van der Waals surface area contributed by atoms with Crippen molar-refractivity contribution in [3.8, 4) is 0 Å². The van der Waals surface area contributed by atoms with E-state index in [9.17, 15) is 14.0 Å². The Labute approximate surface area is 163 Å². The lowest BCUT2D eigenvalue weighted by atomic mass is 10.0. The van der Waals surface area contributed by atoms with Crippen LogP contribution in [0.3, 0.4) is 0 Å². The van der Waals surface area contributed by atoms with Crippen molar-refractivity contribution in [3.63, 3.8) is 0 Å². The highest BCUT2D eigenvalue weighted by Gasteiger charge is 2.31. The van der Waals surface area contributed by atoms with Crippen LogP contribution in [0.4, 0.5) is 4.39 Å².